The predicted octanol–water partition coefficient (Wildman–Crippen LogP) is 0.744. The van der Waals surface area contributed by atoms with Gasteiger partial charge in [-0.2, -0.15) is 0 Å². The van der Waals surface area contributed by atoms with Gasteiger partial charge in [-0.1, -0.05) is 0 Å². The zero-order valence-corrected chi connectivity index (χ0v) is 15.2. The van der Waals surface area contributed by atoms with Crippen LogP contribution >= 0.6 is 0 Å². The molecule has 0 aromatic heterocycles. The molecule has 0 radical (unpaired) electrons. The van der Waals surface area contributed by atoms with E-state index in [0.29, 0.717) is 11.5 Å². The highest BCUT2D eigenvalue weighted by molar-refractivity contribution is 6.61. The van der Waals surface area contributed by atoms with Crippen LogP contribution in [-0.2, 0) is 9.39 Å². The number of ether oxygens (including phenoxy) is 3. The lowest BCUT2D eigenvalue weighted by atomic mass is 9.73. The number of aliphatic hydroxyl groups is 1. The van der Waals surface area contributed by atoms with Gasteiger partial charge >= 0.3 is 13.1 Å². The van der Waals surface area contributed by atoms with Crippen LogP contribution in [0.2, 0.25) is 0 Å². The third-order valence-electron chi connectivity index (χ3n) is 4.11. The zero-order chi connectivity index (χ0) is 18.7. The van der Waals surface area contributed by atoms with Crippen molar-refractivity contribution in [1.29, 1.82) is 0 Å². The fraction of sp³-hybridized carbons (Fsp3) is 0.562. The van der Waals surface area contributed by atoms with Crippen molar-refractivity contribution in [2.24, 2.45) is 0 Å². The quantitative estimate of drug-likeness (QED) is 0.559. The molecule has 0 aliphatic heterocycles. The molecule has 7 nitrogen and oxygen atoms in total. The van der Waals surface area contributed by atoms with Crippen LogP contribution in [0.4, 0.5) is 0 Å². The molecule has 0 aliphatic carbocycles. The molecule has 0 atom stereocenters. The van der Waals surface area contributed by atoms with Crippen molar-refractivity contribution in [3.63, 3.8) is 0 Å². The number of carbonyl (C=O) groups excluding carboxylic acids is 1. The van der Waals surface area contributed by atoms with E-state index in [0.717, 1.165) is 0 Å². The Hall–Kier alpha value is -1.77. The van der Waals surface area contributed by atoms with E-state index >= 15 is 0 Å². The Morgan fingerprint density at radius 3 is 1.96 bits per heavy atom. The molecule has 24 heavy (non-hydrogen) atoms. The first-order valence-electron chi connectivity index (χ1n) is 7.41. The van der Waals surface area contributed by atoms with Crippen molar-refractivity contribution in [3.8, 4) is 11.5 Å². The molecule has 0 fully saturated rings. The molecule has 0 heterocycles. The Kier molecular flexibility index (Phi) is 6.27. The number of esters is 1. The standard InChI is InChI=1S/C16H25BO7/c1-15(2,19)16(3,4)24-17(20)11-9-13(22-6)12(21-5)8-10(11)14(18)23-7/h8-9,19-20H,1-7H3. The molecule has 134 valence electrons. The summed E-state index contributed by atoms with van der Waals surface area (Å²) >= 11 is 0. The number of rotatable bonds is 7. The molecule has 2 N–H and O–H groups in total. The van der Waals surface area contributed by atoms with Crippen LogP contribution in [0, 0.1) is 0 Å². The lowest BCUT2D eigenvalue weighted by molar-refractivity contribution is -0.0982. The lowest BCUT2D eigenvalue weighted by Crippen LogP contribution is -2.53. The van der Waals surface area contributed by atoms with E-state index in [1.54, 1.807) is 27.7 Å². The van der Waals surface area contributed by atoms with Gasteiger partial charge < -0.3 is 29.0 Å². The molecule has 0 saturated carbocycles. The molecular formula is C16H25BO7. The van der Waals surface area contributed by atoms with Crippen LogP contribution in [0.3, 0.4) is 0 Å². The maximum atomic E-state index is 12.0. The van der Waals surface area contributed by atoms with Crippen LogP contribution in [0.15, 0.2) is 12.1 Å². The van der Waals surface area contributed by atoms with E-state index in [4.69, 9.17) is 18.9 Å². The monoisotopic (exact) mass is 340 g/mol. The highest BCUT2D eigenvalue weighted by atomic mass is 16.6. The average molecular weight is 340 g/mol. The second-order valence-electron chi connectivity index (χ2n) is 6.33. The summed E-state index contributed by atoms with van der Waals surface area (Å²) in [6.07, 6.45) is 0. The Balaban J connectivity index is 3.37. The first-order chi connectivity index (χ1) is 11.0. The Labute approximate surface area is 142 Å². The molecule has 8 heteroatoms. The fourth-order valence-corrected chi connectivity index (χ4v) is 1.87. The maximum Gasteiger partial charge on any atom is 0.492 e. The number of carbonyl (C=O) groups is 1. The van der Waals surface area contributed by atoms with Gasteiger partial charge in [0.25, 0.3) is 0 Å². The van der Waals surface area contributed by atoms with Crippen LogP contribution in [0.5, 0.6) is 11.5 Å². The Bertz CT molecular complexity index is 593. The van der Waals surface area contributed by atoms with Crippen LogP contribution < -0.4 is 14.9 Å². The smallest absolute Gasteiger partial charge is 0.492 e. The van der Waals surface area contributed by atoms with Gasteiger partial charge in [0.2, 0.25) is 0 Å². The van der Waals surface area contributed by atoms with E-state index in [2.05, 4.69) is 0 Å². The van der Waals surface area contributed by atoms with Gasteiger partial charge in [0.05, 0.1) is 38.1 Å². The zero-order valence-electron chi connectivity index (χ0n) is 15.2. The SMILES string of the molecule is COC(=O)c1cc(OC)c(OC)cc1B(O)OC(C)(C)C(C)(C)O. The van der Waals surface area contributed by atoms with Crippen molar-refractivity contribution in [2.45, 2.75) is 38.9 Å². The topological polar surface area (TPSA) is 94.5 Å². The van der Waals surface area contributed by atoms with Crippen LogP contribution in [0.1, 0.15) is 38.1 Å². The second-order valence-corrected chi connectivity index (χ2v) is 6.33. The van der Waals surface area contributed by atoms with Crippen molar-refractivity contribution in [1.82, 2.24) is 0 Å². The predicted molar refractivity (Wildman–Crippen MR) is 90.0 cm³/mol. The van der Waals surface area contributed by atoms with Gasteiger partial charge in [-0.3, -0.25) is 0 Å². The second kappa shape index (κ2) is 7.42. The summed E-state index contributed by atoms with van der Waals surface area (Å²) in [4.78, 5) is 12.0. The van der Waals surface area contributed by atoms with Crippen molar-refractivity contribution in [3.05, 3.63) is 17.7 Å². The summed E-state index contributed by atoms with van der Waals surface area (Å²) in [7, 11) is 2.62. The van der Waals surface area contributed by atoms with Crippen molar-refractivity contribution in [2.75, 3.05) is 21.3 Å². The summed E-state index contributed by atoms with van der Waals surface area (Å²) in [6, 6.07) is 2.85. The van der Waals surface area contributed by atoms with E-state index < -0.39 is 24.3 Å². The lowest BCUT2D eigenvalue weighted by Gasteiger charge is -2.38. The molecule has 0 saturated heterocycles. The summed E-state index contributed by atoms with van der Waals surface area (Å²) in [5, 5.41) is 20.7. The highest BCUT2D eigenvalue weighted by Crippen LogP contribution is 2.29. The molecule has 0 spiro atoms. The normalized spacial score (nSPS) is 11.9. The fourth-order valence-electron chi connectivity index (χ4n) is 1.87. The Morgan fingerprint density at radius 2 is 1.54 bits per heavy atom. The summed E-state index contributed by atoms with van der Waals surface area (Å²) in [6.45, 7) is 6.40. The molecular weight excluding hydrogens is 315 g/mol. The van der Waals surface area contributed by atoms with Gasteiger partial charge in [-0.15, -0.1) is 0 Å². The first kappa shape index (κ1) is 20.3. The molecule has 0 unspecified atom stereocenters. The minimum absolute atomic E-state index is 0.0780. The molecule has 0 bridgehead atoms. The van der Waals surface area contributed by atoms with Gasteiger partial charge in [-0.05, 0) is 39.8 Å². The summed E-state index contributed by atoms with van der Waals surface area (Å²) in [5.74, 6) is -0.0193. The number of methoxy groups -OCH3 is 3. The van der Waals surface area contributed by atoms with E-state index in [9.17, 15) is 14.9 Å². The molecule has 1 aromatic rings. The average Bonchev–Trinajstić information content (AvgIpc) is 2.51. The molecule has 0 aliphatic rings. The highest BCUT2D eigenvalue weighted by Gasteiger charge is 2.40. The third kappa shape index (κ3) is 4.20. The van der Waals surface area contributed by atoms with Crippen molar-refractivity contribution >= 4 is 18.6 Å². The van der Waals surface area contributed by atoms with Crippen molar-refractivity contribution < 1.29 is 33.8 Å². The van der Waals surface area contributed by atoms with Crippen LogP contribution in [-0.4, -0.2) is 55.7 Å². The molecule has 0 amide bonds. The largest absolute Gasteiger partial charge is 0.493 e. The van der Waals surface area contributed by atoms with E-state index in [-0.39, 0.29) is 11.0 Å². The molecule has 1 aromatic carbocycles. The van der Waals surface area contributed by atoms with Gasteiger partial charge in [-0.25, -0.2) is 4.79 Å². The Morgan fingerprint density at radius 1 is 1.04 bits per heavy atom. The molecule has 1 rings (SSSR count). The van der Waals surface area contributed by atoms with E-state index in [1.807, 2.05) is 0 Å². The van der Waals surface area contributed by atoms with Gasteiger partial charge in [0, 0.05) is 5.46 Å². The summed E-state index contributed by atoms with van der Waals surface area (Å²) < 4.78 is 20.7. The van der Waals surface area contributed by atoms with E-state index in [1.165, 1.54) is 33.5 Å². The van der Waals surface area contributed by atoms with Gasteiger partial charge in [0.1, 0.15) is 0 Å². The van der Waals surface area contributed by atoms with Gasteiger partial charge in [0.15, 0.2) is 11.5 Å². The summed E-state index contributed by atoms with van der Waals surface area (Å²) in [5.41, 5.74) is -2.09. The minimum Gasteiger partial charge on any atom is -0.493 e. The maximum absolute atomic E-state index is 12.0. The van der Waals surface area contributed by atoms with Crippen LogP contribution in [0.25, 0.3) is 0 Å². The number of hydrogen-bond donors (Lipinski definition) is 2. The number of hydrogen-bond acceptors (Lipinski definition) is 7. The number of benzene rings is 1. The first-order valence-corrected chi connectivity index (χ1v) is 7.41. The third-order valence-corrected chi connectivity index (χ3v) is 4.11. The minimum atomic E-state index is -1.49.